The Morgan fingerprint density at radius 3 is 2.43 bits per heavy atom. The Morgan fingerprint density at radius 2 is 2.07 bits per heavy atom. The lowest BCUT2D eigenvalue weighted by atomic mass is 10.2. The molecule has 14 heavy (non-hydrogen) atoms. The minimum absolute atomic E-state index is 0.246. The fourth-order valence-electron chi connectivity index (χ4n) is 0.954. The maximum atomic E-state index is 10.9. The van der Waals surface area contributed by atoms with Crippen LogP contribution in [0.1, 0.15) is 12.8 Å². The molecule has 1 unspecified atom stereocenters. The number of carbonyl (C=O) groups excluding carboxylic acids is 1. The zero-order valence-corrected chi connectivity index (χ0v) is 10.3. The van der Waals surface area contributed by atoms with Crippen LogP contribution in [0.15, 0.2) is 0 Å². The van der Waals surface area contributed by atoms with Crippen molar-refractivity contribution < 1.29 is 14.0 Å². The molecule has 0 aromatic carbocycles. The predicted octanol–water partition coefficient (Wildman–Crippen LogP) is 1.79. The summed E-state index contributed by atoms with van der Waals surface area (Å²) in [5.41, 5.74) is 0. The van der Waals surface area contributed by atoms with Gasteiger partial charge in [0.15, 0.2) is 8.32 Å². The second-order valence-corrected chi connectivity index (χ2v) is 8.46. The molecule has 0 aliphatic carbocycles. The fraction of sp³-hybridized carbons (Fsp3) is 0.700. The van der Waals surface area contributed by atoms with Gasteiger partial charge in [-0.25, -0.2) is 0 Å². The Morgan fingerprint density at radius 1 is 1.50 bits per heavy atom. The molecule has 80 valence electrons. The molecule has 0 bridgehead atoms. The van der Waals surface area contributed by atoms with Crippen molar-refractivity contribution in [3.05, 3.63) is 0 Å². The van der Waals surface area contributed by atoms with Gasteiger partial charge in [-0.2, -0.15) is 0 Å². The summed E-state index contributed by atoms with van der Waals surface area (Å²) >= 11 is 0. The summed E-state index contributed by atoms with van der Waals surface area (Å²) < 4.78 is 10.2. The first-order chi connectivity index (χ1) is 6.39. The van der Waals surface area contributed by atoms with Crippen LogP contribution in [0, 0.1) is 12.3 Å². The van der Waals surface area contributed by atoms with Gasteiger partial charge < -0.3 is 9.16 Å². The van der Waals surface area contributed by atoms with Crippen molar-refractivity contribution in [2.45, 2.75) is 38.6 Å². The van der Waals surface area contributed by atoms with Gasteiger partial charge in [-0.1, -0.05) is 5.92 Å². The van der Waals surface area contributed by atoms with Gasteiger partial charge in [-0.3, -0.25) is 4.79 Å². The van der Waals surface area contributed by atoms with Crippen molar-refractivity contribution in [3.63, 3.8) is 0 Å². The lowest BCUT2D eigenvalue weighted by Crippen LogP contribution is -2.31. The molecule has 0 radical (unpaired) electrons. The third-order valence-corrected chi connectivity index (χ3v) is 2.51. The minimum Gasteiger partial charge on any atom is -0.469 e. The highest BCUT2D eigenvalue weighted by atomic mass is 28.4. The van der Waals surface area contributed by atoms with E-state index in [9.17, 15) is 4.79 Å². The maximum absolute atomic E-state index is 10.9. The van der Waals surface area contributed by atoms with Crippen LogP contribution in [-0.2, 0) is 14.0 Å². The lowest BCUT2D eigenvalue weighted by Gasteiger charge is -2.22. The van der Waals surface area contributed by atoms with Crippen LogP contribution < -0.4 is 0 Å². The number of rotatable bonds is 5. The standard InChI is InChI=1S/C10H18O3Si/c1-6-9(13-14(3,4)5)7-8-10(11)12-2/h1,9H,7-8H2,2-5H3. The molecule has 0 N–H and O–H groups in total. The van der Waals surface area contributed by atoms with Gasteiger partial charge >= 0.3 is 5.97 Å². The summed E-state index contributed by atoms with van der Waals surface area (Å²) in [4.78, 5) is 10.9. The Bertz CT molecular complexity index is 225. The van der Waals surface area contributed by atoms with Crippen molar-refractivity contribution in [2.24, 2.45) is 0 Å². The summed E-state index contributed by atoms with van der Waals surface area (Å²) in [7, 11) is -0.250. The van der Waals surface area contributed by atoms with Gasteiger partial charge in [-0.05, 0) is 26.1 Å². The molecule has 0 aliphatic rings. The number of methoxy groups -OCH3 is 1. The van der Waals surface area contributed by atoms with E-state index < -0.39 is 8.32 Å². The van der Waals surface area contributed by atoms with Crippen LogP contribution in [0.2, 0.25) is 19.6 Å². The first-order valence-corrected chi connectivity index (χ1v) is 8.00. The molecule has 0 saturated heterocycles. The molecule has 0 fully saturated rings. The zero-order valence-electron chi connectivity index (χ0n) is 9.29. The third kappa shape index (κ3) is 6.69. The first kappa shape index (κ1) is 13.2. The highest BCUT2D eigenvalue weighted by Crippen LogP contribution is 2.11. The van der Waals surface area contributed by atoms with Crippen molar-refractivity contribution in [2.75, 3.05) is 7.11 Å². The molecule has 0 heterocycles. The van der Waals surface area contributed by atoms with Gasteiger partial charge in [0.05, 0.1) is 7.11 Å². The number of hydrogen-bond acceptors (Lipinski definition) is 3. The van der Waals surface area contributed by atoms with Crippen LogP contribution in [0.4, 0.5) is 0 Å². The molecule has 0 amide bonds. The Kier molecular flexibility index (Phi) is 5.51. The van der Waals surface area contributed by atoms with E-state index in [-0.39, 0.29) is 12.1 Å². The Labute approximate surface area is 86.9 Å². The summed E-state index contributed by atoms with van der Waals surface area (Å²) in [6.07, 6.45) is 5.89. The fourth-order valence-corrected chi connectivity index (χ4v) is 1.99. The molecule has 0 aliphatic heterocycles. The zero-order chi connectivity index (χ0) is 11.2. The van der Waals surface area contributed by atoms with Crippen molar-refractivity contribution in [1.82, 2.24) is 0 Å². The highest BCUT2D eigenvalue weighted by molar-refractivity contribution is 6.69. The van der Waals surface area contributed by atoms with E-state index in [1.807, 2.05) is 0 Å². The summed E-state index contributed by atoms with van der Waals surface area (Å²) in [5, 5.41) is 0. The number of hydrogen-bond donors (Lipinski definition) is 0. The average Bonchev–Trinajstić information content (AvgIpc) is 2.09. The number of ether oxygens (including phenoxy) is 1. The molecule has 3 nitrogen and oxygen atoms in total. The van der Waals surface area contributed by atoms with E-state index in [4.69, 9.17) is 10.8 Å². The molecule has 0 aromatic heterocycles. The van der Waals surface area contributed by atoms with Gasteiger partial charge in [0.25, 0.3) is 0 Å². The molecule has 0 spiro atoms. The molecule has 1 atom stereocenters. The summed E-state index contributed by atoms with van der Waals surface area (Å²) in [6, 6.07) is 0. The smallest absolute Gasteiger partial charge is 0.305 e. The van der Waals surface area contributed by atoms with Gasteiger partial charge in [0.1, 0.15) is 6.10 Å². The second kappa shape index (κ2) is 5.84. The van der Waals surface area contributed by atoms with E-state index in [2.05, 4.69) is 30.3 Å². The Hall–Kier alpha value is -0.793. The lowest BCUT2D eigenvalue weighted by molar-refractivity contribution is -0.141. The van der Waals surface area contributed by atoms with Crippen LogP contribution in [0.3, 0.4) is 0 Å². The molecule has 4 heteroatoms. The van der Waals surface area contributed by atoms with Crippen molar-refractivity contribution in [3.8, 4) is 12.3 Å². The van der Waals surface area contributed by atoms with Crippen LogP contribution in [-0.4, -0.2) is 27.5 Å². The number of esters is 1. The Balaban J connectivity index is 3.94. The van der Waals surface area contributed by atoms with Gasteiger partial charge in [0, 0.05) is 6.42 Å². The van der Waals surface area contributed by atoms with Crippen LogP contribution in [0.5, 0.6) is 0 Å². The summed E-state index contributed by atoms with van der Waals surface area (Å²) in [6.45, 7) is 6.19. The second-order valence-electron chi connectivity index (χ2n) is 4.00. The van der Waals surface area contributed by atoms with E-state index in [0.29, 0.717) is 12.8 Å². The summed E-state index contributed by atoms with van der Waals surface area (Å²) in [5.74, 6) is 2.30. The maximum Gasteiger partial charge on any atom is 0.305 e. The highest BCUT2D eigenvalue weighted by Gasteiger charge is 2.20. The number of carbonyl (C=O) groups is 1. The van der Waals surface area contributed by atoms with Crippen molar-refractivity contribution in [1.29, 1.82) is 0 Å². The monoisotopic (exact) mass is 214 g/mol. The third-order valence-electron chi connectivity index (χ3n) is 1.52. The average molecular weight is 214 g/mol. The van der Waals surface area contributed by atoms with Crippen LogP contribution in [0.25, 0.3) is 0 Å². The van der Waals surface area contributed by atoms with Crippen molar-refractivity contribution >= 4 is 14.3 Å². The SMILES string of the molecule is C#CC(CCC(=O)OC)O[Si](C)(C)C. The van der Waals surface area contributed by atoms with Gasteiger partial charge in [-0.15, -0.1) is 6.42 Å². The molecule has 0 saturated carbocycles. The van der Waals surface area contributed by atoms with Gasteiger partial charge in [0.2, 0.25) is 0 Å². The normalized spacial score (nSPS) is 13.1. The van der Waals surface area contributed by atoms with Crippen LogP contribution >= 0.6 is 0 Å². The molecular weight excluding hydrogens is 196 g/mol. The molecule has 0 rings (SSSR count). The largest absolute Gasteiger partial charge is 0.469 e. The molecular formula is C10H18O3Si. The molecule has 0 aromatic rings. The topological polar surface area (TPSA) is 35.5 Å². The minimum atomic E-state index is -1.62. The first-order valence-electron chi connectivity index (χ1n) is 4.60. The van der Waals surface area contributed by atoms with E-state index in [0.717, 1.165) is 0 Å². The number of terminal acetylenes is 1. The quantitative estimate of drug-likeness (QED) is 0.398. The van der Waals surface area contributed by atoms with E-state index in [1.54, 1.807) is 0 Å². The van der Waals surface area contributed by atoms with E-state index in [1.165, 1.54) is 7.11 Å². The predicted molar refractivity (Wildman–Crippen MR) is 58.3 cm³/mol. The van der Waals surface area contributed by atoms with E-state index >= 15 is 0 Å².